The highest BCUT2D eigenvalue weighted by molar-refractivity contribution is 5.93. The van der Waals surface area contributed by atoms with E-state index in [0.29, 0.717) is 29.6 Å². The van der Waals surface area contributed by atoms with Crippen molar-refractivity contribution >= 4 is 17.5 Å². The molecule has 2 aromatic heterocycles. The van der Waals surface area contributed by atoms with Crippen LogP contribution in [0.3, 0.4) is 0 Å². The number of hydrogen-bond donors (Lipinski definition) is 2. The van der Waals surface area contributed by atoms with Crippen LogP contribution < -0.4 is 15.4 Å². The minimum atomic E-state index is -0.268. The number of methoxy groups -OCH3 is 1. The highest BCUT2D eigenvalue weighted by Gasteiger charge is 2.09. The first-order valence-electron chi connectivity index (χ1n) is 7.29. The van der Waals surface area contributed by atoms with Crippen molar-refractivity contribution in [3.8, 4) is 5.75 Å². The lowest BCUT2D eigenvalue weighted by Gasteiger charge is -2.09. The third-order valence-electron chi connectivity index (χ3n) is 3.27. The third kappa shape index (κ3) is 3.70. The van der Waals surface area contributed by atoms with Gasteiger partial charge >= 0.3 is 0 Å². The quantitative estimate of drug-likeness (QED) is 0.725. The molecule has 0 radical (unpaired) electrons. The molecular formula is C17H16N4O3. The molecule has 0 bridgehead atoms. The maximum absolute atomic E-state index is 12.0. The average molecular weight is 324 g/mol. The highest BCUT2D eigenvalue weighted by Crippen LogP contribution is 2.25. The van der Waals surface area contributed by atoms with Gasteiger partial charge in [-0.3, -0.25) is 4.79 Å². The van der Waals surface area contributed by atoms with Crippen LogP contribution in [0.2, 0.25) is 0 Å². The first-order valence-corrected chi connectivity index (χ1v) is 7.29. The Bertz CT molecular complexity index is 801. The number of carbonyl (C=O) groups is 1. The van der Waals surface area contributed by atoms with Gasteiger partial charge < -0.3 is 19.8 Å². The van der Waals surface area contributed by atoms with Crippen molar-refractivity contribution < 1.29 is 13.9 Å². The van der Waals surface area contributed by atoms with Crippen molar-refractivity contribution in [3.63, 3.8) is 0 Å². The maximum Gasteiger partial charge on any atom is 0.254 e. The summed E-state index contributed by atoms with van der Waals surface area (Å²) in [6.45, 7) is 0.313. The van der Waals surface area contributed by atoms with E-state index in [-0.39, 0.29) is 5.91 Å². The number of anilines is 2. The Morgan fingerprint density at radius 3 is 2.67 bits per heavy atom. The van der Waals surface area contributed by atoms with Gasteiger partial charge in [0, 0.05) is 12.4 Å². The maximum atomic E-state index is 12.0. The Hall–Kier alpha value is -3.35. The number of para-hydroxylation sites is 2. The highest BCUT2D eigenvalue weighted by atomic mass is 16.5. The molecular weight excluding hydrogens is 308 g/mol. The largest absolute Gasteiger partial charge is 0.495 e. The van der Waals surface area contributed by atoms with E-state index in [4.69, 9.17) is 9.15 Å². The topological polar surface area (TPSA) is 89.3 Å². The van der Waals surface area contributed by atoms with Crippen LogP contribution in [0.5, 0.6) is 5.75 Å². The zero-order chi connectivity index (χ0) is 16.8. The van der Waals surface area contributed by atoms with Crippen LogP contribution in [-0.2, 0) is 6.54 Å². The van der Waals surface area contributed by atoms with E-state index >= 15 is 0 Å². The number of furan rings is 1. The molecule has 122 valence electrons. The van der Waals surface area contributed by atoms with E-state index in [1.807, 2.05) is 24.3 Å². The second-order valence-electron chi connectivity index (χ2n) is 4.88. The fourth-order valence-electron chi connectivity index (χ4n) is 2.06. The van der Waals surface area contributed by atoms with Crippen molar-refractivity contribution in [2.75, 3.05) is 12.4 Å². The van der Waals surface area contributed by atoms with Crippen LogP contribution in [0, 0.1) is 0 Å². The number of nitrogens with zero attached hydrogens (tertiary/aromatic N) is 2. The zero-order valence-corrected chi connectivity index (χ0v) is 13.0. The normalized spacial score (nSPS) is 10.2. The first-order chi connectivity index (χ1) is 11.8. The lowest BCUT2D eigenvalue weighted by Crippen LogP contribution is -2.23. The summed E-state index contributed by atoms with van der Waals surface area (Å²) in [5.74, 6) is 1.47. The zero-order valence-electron chi connectivity index (χ0n) is 13.0. The van der Waals surface area contributed by atoms with Crippen molar-refractivity contribution in [1.82, 2.24) is 15.3 Å². The van der Waals surface area contributed by atoms with Gasteiger partial charge in [0.25, 0.3) is 5.91 Å². The summed E-state index contributed by atoms with van der Waals surface area (Å²) in [5, 5.41) is 5.79. The van der Waals surface area contributed by atoms with Gasteiger partial charge in [-0.15, -0.1) is 0 Å². The molecule has 0 fully saturated rings. The Morgan fingerprint density at radius 2 is 1.96 bits per heavy atom. The predicted molar refractivity (Wildman–Crippen MR) is 88.2 cm³/mol. The SMILES string of the molecule is COc1ccccc1Nc1ncc(C(=O)NCc2ccco2)cn1. The van der Waals surface area contributed by atoms with E-state index in [1.165, 1.54) is 12.4 Å². The minimum absolute atomic E-state index is 0.268. The molecule has 0 aliphatic carbocycles. The summed E-state index contributed by atoms with van der Waals surface area (Å²) < 4.78 is 10.4. The molecule has 7 nitrogen and oxygen atoms in total. The number of benzene rings is 1. The number of aromatic nitrogens is 2. The second-order valence-corrected chi connectivity index (χ2v) is 4.88. The third-order valence-corrected chi connectivity index (χ3v) is 3.27. The molecule has 0 aliphatic rings. The summed E-state index contributed by atoms with van der Waals surface area (Å²) in [4.78, 5) is 20.3. The molecule has 1 amide bonds. The van der Waals surface area contributed by atoms with Crippen LogP contribution in [0.4, 0.5) is 11.6 Å². The fourth-order valence-corrected chi connectivity index (χ4v) is 2.06. The van der Waals surface area contributed by atoms with Crippen molar-refractivity contribution in [3.05, 3.63) is 66.4 Å². The number of carbonyl (C=O) groups excluding carboxylic acids is 1. The number of rotatable bonds is 6. The van der Waals surface area contributed by atoms with Crippen LogP contribution >= 0.6 is 0 Å². The lowest BCUT2D eigenvalue weighted by atomic mass is 10.3. The summed E-state index contributed by atoms with van der Waals surface area (Å²) in [6.07, 6.45) is 4.48. The van der Waals surface area contributed by atoms with E-state index in [1.54, 1.807) is 25.5 Å². The van der Waals surface area contributed by atoms with Crippen LogP contribution in [-0.4, -0.2) is 23.0 Å². The molecule has 0 spiro atoms. The molecule has 24 heavy (non-hydrogen) atoms. The summed E-state index contributed by atoms with van der Waals surface area (Å²) >= 11 is 0. The number of amides is 1. The molecule has 3 aromatic rings. The van der Waals surface area contributed by atoms with Gasteiger partial charge in [0.05, 0.1) is 31.2 Å². The van der Waals surface area contributed by atoms with E-state index in [2.05, 4.69) is 20.6 Å². The molecule has 0 unspecified atom stereocenters. The van der Waals surface area contributed by atoms with Gasteiger partial charge in [0.1, 0.15) is 11.5 Å². The van der Waals surface area contributed by atoms with Gasteiger partial charge in [0.2, 0.25) is 5.95 Å². The molecule has 0 saturated heterocycles. The Morgan fingerprint density at radius 1 is 1.17 bits per heavy atom. The molecule has 0 saturated carbocycles. The second kappa shape index (κ2) is 7.28. The lowest BCUT2D eigenvalue weighted by molar-refractivity contribution is 0.0947. The van der Waals surface area contributed by atoms with Crippen LogP contribution in [0.25, 0.3) is 0 Å². The van der Waals surface area contributed by atoms with Crippen LogP contribution in [0.1, 0.15) is 16.1 Å². The fraction of sp³-hybridized carbons (Fsp3) is 0.118. The molecule has 7 heteroatoms. The standard InChI is InChI=1S/C17H16N4O3/c1-23-15-7-3-2-6-14(15)21-17-19-9-12(10-20-17)16(22)18-11-13-5-4-8-24-13/h2-10H,11H2,1H3,(H,18,22)(H,19,20,21). The first kappa shape index (κ1) is 15.5. The van der Waals surface area contributed by atoms with Gasteiger partial charge in [-0.2, -0.15) is 0 Å². The molecule has 0 atom stereocenters. The Kier molecular flexibility index (Phi) is 4.71. The van der Waals surface area contributed by atoms with E-state index < -0.39 is 0 Å². The van der Waals surface area contributed by atoms with E-state index in [0.717, 1.165) is 5.69 Å². The van der Waals surface area contributed by atoms with Gasteiger partial charge in [-0.05, 0) is 24.3 Å². The predicted octanol–water partition coefficient (Wildman–Crippen LogP) is 2.75. The van der Waals surface area contributed by atoms with Crippen molar-refractivity contribution in [2.24, 2.45) is 0 Å². The molecule has 3 rings (SSSR count). The monoisotopic (exact) mass is 324 g/mol. The van der Waals surface area contributed by atoms with Crippen molar-refractivity contribution in [2.45, 2.75) is 6.54 Å². The average Bonchev–Trinajstić information content (AvgIpc) is 3.14. The van der Waals surface area contributed by atoms with Gasteiger partial charge in [0.15, 0.2) is 0 Å². The molecule has 0 aliphatic heterocycles. The number of hydrogen-bond acceptors (Lipinski definition) is 6. The van der Waals surface area contributed by atoms with E-state index in [9.17, 15) is 4.79 Å². The van der Waals surface area contributed by atoms with Gasteiger partial charge in [-0.25, -0.2) is 9.97 Å². The Labute approximate surface area is 138 Å². The van der Waals surface area contributed by atoms with Crippen molar-refractivity contribution in [1.29, 1.82) is 0 Å². The summed E-state index contributed by atoms with van der Waals surface area (Å²) in [6, 6.07) is 11.0. The molecule has 2 heterocycles. The van der Waals surface area contributed by atoms with Gasteiger partial charge in [-0.1, -0.05) is 12.1 Å². The Balaban J connectivity index is 1.63. The number of nitrogens with one attached hydrogen (secondary N) is 2. The molecule has 2 N–H and O–H groups in total. The number of ether oxygens (including phenoxy) is 1. The molecule has 1 aromatic carbocycles. The summed E-state index contributed by atoms with van der Waals surface area (Å²) in [7, 11) is 1.59. The van der Waals surface area contributed by atoms with Crippen LogP contribution in [0.15, 0.2) is 59.5 Å². The smallest absolute Gasteiger partial charge is 0.254 e. The summed E-state index contributed by atoms with van der Waals surface area (Å²) in [5.41, 5.74) is 1.11. The minimum Gasteiger partial charge on any atom is -0.495 e.